The molecular weight excluding hydrogens is 979 g/mol. The molecule has 6 aromatic rings. The molecule has 18 heteroatoms. The summed E-state index contributed by atoms with van der Waals surface area (Å²) in [7, 11) is 0. The van der Waals surface area contributed by atoms with E-state index in [9.17, 15) is 28.8 Å². The maximum Gasteiger partial charge on any atom is 0.252 e. The molecule has 6 rings (SSSR count). The molecule has 0 saturated carbocycles. The van der Waals surface area contributed by atoms with Crippen molar-refractivity contribution in [3.05, 3.63) is 157 Å². The van der Waals surface area contributed by atoms with Crippen LogP contribution in [-0.2, 0) is 48.0 Å². The first kappa shape index (κ1) is 56.2. The van der Waals surface area contributed by atoms with Crippen LogP contribution in [0.5, 0.6) is 0 Å². The van der Waals surface area contributed by atoms with Crippen molar-refractivity contribution >= 4 is 86.1 Å². The summed E-state index contributed by atoms with van der Waals surface area (Å²) in [4.78, 5) is 85.2. The minimum Gasteiger partial charge on any atom is -0.330 e. The number of carbonyl (C=O) groups excluding carboxylic acids is 6. The first-order chi connectivity index (χ1) is 35.1. The third kappa shape index (κ3) is 14.8. The number of thiophene rings is 3. The molecule has 3 amide bonds. The number of carbonyl (C=O) groups is 6. The van der Waals surface area contributed by atoms with Gasteiger partial charge in [-0.05, 0) is 165 Å². The second-order valence-electron chi connectivity index (χ2n) is 18.4. The summed E-state index contributed by atoms with van der Waals surface area (Å²) >= 11 is 4.27. The molecule has 0 bridgehead atoms. The molecule has 386 valence electrons. The molecule has 3 heterocycles. The van der Waals surface area contributed by atoms with Crippen LogP contribution in [0.15, 0.2) is 125 Å². The van der Waals surface area contributed by atoms with E-state index in [4.69, 9.17) is 34.4 Å². The Kier molecular flexibility index (Phi) is 20.6. The fraction of sp³-hybridized carbons (Fsp3) is 0.345. The van der Waals surface area contributed by atoms with Crippen molar-refractivity contribution in [2.24, 2.45) is 34.4 Å². The molecule has 0 aliphatic heterocycles. The molecule has 0 radical (unpaired) electrons. The largest absolute Gasteiger partial charge is 0.330 e. The van der Waals surface area contributed by atoms with Crippen LogP contribution in [0.3, 0.4) is 0 Å². The molecule has 0 aliphatic rings. The summed E-state index contributed by atoms with van der Waals surface area (Å²) in [6.45, 7) is 1.20. The van der Waals surface area contributed by atoms with E-state index in [0.717, 1.165) is 31.3 Å². The van der Waals surface area contributed by atoms with Gasteiger partial charge in [0.25, 0.3) is 17.7 Å². The van der Waals surface area contributed by atoms with Crippen LogP contribution in [0, 0.1) is 0 Å². The Morgan fingerprint density at radius 1 is 0.397 bits per heavy atom. The predicted molar refractivity (Wildman–Crippen MR) is 295 cm³/mol. The quantitative estimate of drug-likeness (QED) is 0.0128. The van der Waals surface area contributed by atoms with E-state index in [-0.39, 0.29) is 55.9 Å². The lowest BCUT2D eigenvalue weighted by molar-refractivity contribution is -0.134. The summed E-state index contributed by atoms with van der Waals surface area (Å²) in [5.74, 6) is -3.45. The minimum atomic E-state index is -1.79. The van der Waals surface area contributed by atoms with Crippen molar-refractivity contribution in [1.82, 2.24) is 0 Å². The van der Waals surface area contributed by atoms with E-state index in [1.807, 2.05) is 88.9 Å². The fourth-order valence-electron chi connectivity index (χ4n) is 8.55. The molecular formula is C55H67N9O6S3. The van der Waals surface area contributed by atoms with Crippen LogP contribution in [0.2, 0.25) is 0 Å². The molecule has 0 aliphatic carbocycles. The van der Waals surface area contributed by atoms with E-state index in [0.29, 0.717) is 75.2 Å². The van der Waals surface area contributed by atoms with Crippen molar-refractivity contribution in [3.63, 3.8) is 0 Å². The number of nitrogens with one attached hydrogen (secondary N) is 3. The third-order valence-electron chi connectivity index (χ3n) is 13.0. The number of anilines is 3. The maximum absolute atomic E-state index is 13.9. The highest BCUT2D eigenvalue weighted by Gasteiger charge is 2.43. The van der Waals surface area contributed by atoms with Crippen molar-refractivity contribution in [3.8, 4) is 0 Å². The van der Waals surface area contributed by atoms with Crippen LogP contribution >= 0.6 is 34.0 Å². The lowest BCUT2D eigenvalue weighted by Gasteiger charge is -2.27. The Labute approximate surface area is 438 Å². The zero-order chi connectivity index (χ0) is 52.4. The molecule has 3 aromatic heterocycles. The molecule has 0 saturated heterocycles. The molecule has 0 fully saturated rings. The standard InChI is InChI=1S/C55H67N9O6S3/c56-28-4-1-25-53(59,46(65)34-43-10-7-31-71-43)50(68)62-40-19-13-37(14-20-40)49(38-15-21-41(22-16-38)63-51(69)54(60,26-2-5-29-57)47(66)35-44-11-8-32-72-44)39-17-23-42(24-18-39)64-52(70)55(61,27-3-6-30-58)48(67)36-45-12-9-33-73-45/h7-24,31-33,49H,1-6,25-30,34-36,56-61H2,(H,62,68)(H,63,69)(H,64,70)/t53-,54-,55-/m0/s1. The van der Waals surface area contributed by atoms with Gasteiger partial charge in [0.05, 0.1) is 0 Å². The smallest absolute Gasteiger partial charge is 0.252 e. The number of benzene rings is 3. The van der Waals surface area contributed by atoms with Gasteiger partial charge in [0, 0.05) is 56.9 Å². The monoisotopic (exact) mass is 1050 g/mol. The van der Waals surface area contributed by atoms with Gasteiger partial charge in [-0.25, -0.2) is 0 Å². The predicted octanol–water partition coefficient (Wildman–Crippen LogP) is 6.78. The maximum atomic E-state index is 13.9. The summed E-state index contributed by atoms with van der Waals surface area (Å²) in [6.07, 6.45) is 3.77. The third-order valence-corrected chi connectivity index (χ3v) is 15.7. The summed E-state index contributed by atoms with van der Waals surface area (Å²) in [5.41, 5.74) is 35.6. The number of ketones is 3. The molecule has 3 atom stereocenters. The first-order valence-electron chi connectivity index (χ1n) is 24.5. The van der Waals surface area contributed by atoms with Gasteiger partial charge in [-0.1, -0.05) is 54.6 Å². The van der Waals surface area contributed by atoms with E-state index in [1.54, 1.807) is 36.4 Å². The number of amides is 3. The van der Waals surface area contributed by atoms with E-state index in [1.165, 1.54) is 34.0 Å². The van der Waals surface area contributed by atoms with Crippen molar-refractivity contribution < 1.29 is 28.8 Å². The lowest BCUT2D eigenvalue weighted by atomic mass is 9.84. The SMILES string of the molecule is NCCCC[C@](N)(C(=O)Cc1cccs1)C(=O)Nc1ccc(C(c2ccc(NC(=O)[C@](N)(CCCCN)C(=O)Cc3cccs3)cc2)c2ccc(NC(=O)[C@](N)(CCCCN)C(=O)Cc3cccs3)cc2)cc1. The van der Waals surface area contributed by atoms with Crippen LogP contribution in [-0.4, -0.2) is 71.3 Å². The first-order valence-corrected chi connectivity index (χ1v) is 27.2. The molecule has 15 nitrogen and oxygen atoms in total. The zero-order valence-corrected chi connectivity index (χ0v) is 43.4. The topological polar surface area (TPSA) is 295 Å². The minimum absolute atomic E-state index is 0.0287. The number of rotatable bonds is 30. The van der Waals surface area contributed by atoms with Gasteiger partial charge in [0.15, 0.2) is 34.0 Å². The van der Waals surface area contributed by atoms with Gasteiger partial charge in [-0.3, -0.25) is 28.8 Å². The average molecular weight is 1050 g/mol. The fourth-order valence-corrected chi connectivity index (χ4v) is 10.7. The van der Waals surface area contributed by atoms with Gasteiger partial charge in [0.2, 0.25) is 0 Å². The molecule has 0 unspecified atom stereocenters. The zero-order valence-electron chi connectivity index (χ0n) is 40.9. The summed E-state index contributed by atoms with van der Waals surface area (Å²) in [6, 6.07) is 32.7. The Morgan fingerprint density at radius 2 is 0.658 bits per heavy atom. The van der Waals surface area contributed by atoms with Crippen LogP contribution in [0.25, 0.3) is 0 Å². The summed E-state index contributed by atoms with van der Waals surface area (Å²) < 4.78 is 0. The van der Waals surface area contributed by atoms with Gasteiger partial charge >= 0.3 is 0 Å². The molecule has 73 heavy (non-hydrogen) atoms. The molecule has 3 aromatic carbocycles. The average Bonchev–Trinajstić information content (AvgIpc) is 4.22. The number of nitrogens with two attached hydrogens (primary N) is 6. The van der Waals surface area contributed by atoms with E-state index in [2.05, 4.69) is 16.0 Å². The Morgan fingerprint density at radius 3 is 0.877 bits per heavy atom. The van der Waals surface area contributed by atoms with Gasteiger partial charge in [-0.15, -0.1) is 34.0 Å². The number of hydrogen-bond donors (Lipinski definition) is 9. The van der Waals surface area contributed by atoms with Gasteiger partial charge in [0.1, 0.15) is 0 Å². The molecule has 15 N–H and O–H groups in total. The molecule has 0 spiro atoms. The number of unbranched alkanes of at least 4 members (excludes halogenated alkanes) is 3. The highest BCUT2D eigenvalue weighted by Crippen LogP contribution is 2.35. The van der Waals surface area contributed by atoms with Crippen molar-refractivity contribution in [2.45, 2.75) is 99.6 Å². The van der Waals surface area contributed by atoms with E-state index < -0.39 is 40.3 Å². The highest BCUT2D eigenvalue weighted by atomic mass is 32.1. The highest BCUT2D eigenvalue weighted by molar-refractivity contribution is 7.10. The van der Waals surface area contributed by atoms with E-state index >= 15 is 0 Å². The number of hydrogen-bond acceptors (Lipinski definition) is 15. The van der Waals surface area contributed by atoms with Crippen LogP contribution < -0.4 is 50.4 Å². The summed E-state index contributed by atoms with van der Waals surface area (Å²) in [5, 5.41) is 14.3. The number of Topliss-reactive ketones (excluding diaryl/α,β-unsaturated/α-hetero) is 3. The second kappa shape index (κ2) is 26.8. The lowest BCUT2D eigenvalue weighted by Crippen LogP contribution is -2.58. The second-order valence-corrected chi connectivity index (χ2v) is 21.4. The van der Waals surface area contributed by atoms with Crippen molar-refractivity contribution in [1.29, 1.82) is 0 Å². The Hall–Kier alpha value is -6.06. The van der Waals surface area contributed by atoms with Gasteiger partial charge < -0.3 is 50.4 Å². The normalized spacial score (nSPS) is 13.8. The Balaban J connectivity index is 1.28. The Bertz CT molecular complexity index is 2440. The van der Waals surface area contributed by atoms with Crippen LogP contribution in [0.1, 0.15) is 95.0 Å². The van der Waals surface area contributed by atoms with Crippen LogP contribution in [0.4, 0.5) is 17.1 Å². The van der Waals surface area contributed by atoms with Gasteiger partial charge in [-0.2, -0.15) is 0 Å². The van der Waals surface area contributed by atoms with Crippen molar-refractivity contribution in [2.75, 3.05) is 35.6 Å².